The Morgan fingerprint density at radius 1 is 1.11 bits per heavy atom. The molecule has 0 aromatic rings. The van der Waals surface area contributed by atoms with Crippen molar-refractivity contribution in [3.05, 3.63) is 0 Å². The molecule has 1 unspecified atom stereocenters. The summed E-state index contributed by atoms with van der Waals surface area (Å²) >= 11 is 0. The molecule has 4 nitrogen and oxygen atoms in total. The van der Waals surface area contributed by atoms with E-state index in [1.165, 1.54) is 13.8 Å². The van der Waals surface area contributed by atoms with Crippen molar-refractivity contribution >= 4 is 11.9 Å². The number of alkyl halides is 3. The van der Waals surface area contributed by atoms with Gasteiger partial charge in [0.2, 0.25) is 0 Å². The molecule has 0 fully saturated rings. The molecule has 0 saturated heterocycles. The SMILES string of the molecule is CC(C)C(NC(=O)OC(C)(C)C)C(=O)C(F)(F)F. The molecule has 0 heterocycles. The highest BCUT2D eigenvalue weighted by Crippen LogP contribution is 2.21. The minimum absolute atomic E-state index is 0.688. The summed E-state index contributed by atoms with van der Waals surface area (Å²) in [6, 6.07) is -1.64. The Morgan fingerprint density at radius 2 is 1.56 bits per heavy atom. The van der Waals surface area contributed by atoms with E-state index in [0.717, 1.165) is 0 Å². The van der Waals surface area contributed by atoms with Crippen LogP contribution in [0, 0.1) is 5.92 Å². The first-order chi connectivity index (χ1) is 7.84. The Morgan fingerprint density at radius 3 is 1.83 bits per heavy atom. The number of hydrogen-bond donors (Lipinski definition) is 1. The summed E-state index contributed by atoms with van der Waals surface area (Å²) in [6.45, 7) is 7.53. The van der Waals surface area contributed by atoms with Gasteiger partial charge in [-0.2, -0.15) is 13.2 Å². The molecule has 0 aliphatic rings. The van der Waals surface area contributed by atoms with Crippen LogP contribution in [-0.2, 0) is 9.53 Å². The number of hydrogen-bond acceptors (Lipinski definition) is 3. The van der Waals surface area contributed by atoms with Gasteiger partial charge in [0.05, 0.1) is 0 Å². The first-order valence-electron chi connectivity index (χ1n) is 5.45. The minimum Gasteiger partial charge on any atom is -0.444 e. The van der Waals surface area contributed by atoms with E-state index in [1.54, 1.807) is 20.8 Å². The van der Waals surface area contributed by atoms with Gasteiger partial charge >= 0.3 is 12.3 Å². The van der Waals surface area contributed by atoms with E-state index in [1.807, 2.05) is 5.32 Å². The van der Waals surface area contributed by atoms with Crippen LogP contribution >= 0.6 is 0 Å². The molecule has 0 spiro atoms. The monoisotopic (exact) mass is 269 g/mol. The Balaban J connectivity index is 4.76. The average molecular weight is 269 g/mol. The lowest BCUT2D eigenvalue weighted by Gasteiger charge is -2.25. The van der Waals surface area contributed by atoms with Gasteiger partial charge < -0.3 is 10.1 Å². The van der Waals surface area contributed by atoms with Crippen LogP contribution in [0.15, 0.2) is 0 Å². The normalized spacial score (nSPS) is 14.3. The second kappa shape index (κ2) is 5.58. The number of nitrogens with one attached hydrogen (secondary N) is 1. The predicted molar refractivity (Wildman–Crippen MR) is 59.1 cm³/mol. The van der Waals surface area contributed by atoms with Gasteiger partial charge in [0, 0.05) is 0 Å². The summed E-state index contributed by atoms with van der Waals surface area (Å²) in [4.78, 5) is 22.5. The Labute approximate surface area is 104 Å². The van der Waals surface area contributed by atoms with Crippen molar-refractivity contribution in [3.63, 3.8) is 0 Å². The quantitative estimate of drug-likeness (QED) is 0.857. The molecular weight excluding hydrogens is 251 g/mol. The minimum atomic E-state index is -4.98. The van der Waals surface area contributed by atoms with Crippen LogP contribution < -0.4 is 5.32 Å². The number of Topliss-reactive ketones (excluding diaryl/α,β-unsaturated/α-hetero) is 1. The maximum Gasteiger partial charge on any atom is 0.452 e. The van der Waals surface area contributed by atoms with E-state index in [0.29, 0.717) is 0 Å². The average Bonchev–Trinajstić information content (AvgIpc) is 2.08. The largest absolute Gasteiger partial charge is 0.452 e. The third-order valence-electron chi connectivity index (χ3n) is 1.90. The summed E-state index contributed by atoms with van der Waals surface area (Å²) in [5.74, 6) is -2.67. The number of rotatable bonds is 3. The molecule has 1 amide bonds. The Bertz CT molecular complexity index is 318. The van der Waals surface area contributed by atoms with Crippen molar-refractivity contribution in [1.82, 2.24) is 5.32 Å². The Hall–Kier alpha value is -1.27. The van der Waals surface area contributed by atoms with Crippen LogP contribution in [-0.4, -0.2) is 29.7 Å². The number of alkyl carbamates (subject to hydrolysis) is 1. The third-order valence-corrected chi connectivity index (χ3v) is 1.90. The van der Waals surface area contributed by atoms with E-state index in [2.05, 4.69) is 0 Å². The van der Waals surface area contributed by atoms with Gasteiger partial charge in [0.25, 0.3) is 5.78 Å². The molecule has 0 bridgehead atoms. The van der Waals surface area contributed by atoms with Gasteiger partial charge in [-0.3, -0.25) is 4.79 Å². The lowest BCUT2D eigenvalue weighted by atomic mass is 10.00. The maximum atomic E-state index is 12.3. The molecule has 18 heavy (non-hydrogen) atoms. The molecule has 1 atom stereocenters. The van der Waals surface area contributed by atoms with Crippen molar-refractivity contribution < 1.29 is 27.5 Å². The maximum absolute atomic E-state index is 12.3. The smallest absolute Gasteiger partial charge is 0.444 e. The summed E-state index contributed by atoms with van der Waals surface area (Å²) in [5, 5.41) is 1.95. The van der Waals surface area contributed by atoms with Crippen molar-refractivity contribution in [1.29, 1.82) is 0 Å². The molecule has 0 aromatic carbocycles. The molecule has 0 aromatic heterocycles. The topological polar surface area (TPSA) is 55.4 Å². The number of ether oxygens (including phenoxy) is 1. The second-order valence-corrected chi connectivity index (χ2v) is 5.23. The van der Waals surface area contributed by atoms with Crippen molar-refractivity contribution in [2.45, 2.75) is 52.4 Å². The number of carbonyl (C=O) groups is 2. The summed E-state index contributed by atoms with van der Waals surface area (Å²) in [7, 11) is 0. The zero-order chi connectivity index (χ0) is 14.7. The van der Waals surface area contributed by atoms with E-state index in [4.69, 9.17) is 4.74 Å². The van der Waals surface area contributed by atoms with Gasteiger partial charge in [-0.15, -0.1) is 0 Å². The number of ketones is 1. The zero-order valence-electron chi connectivity index (χ0n) is 11.0. The molecular formula is C11H18F3NO3. The molecule has 0 rings (SSSR count). The van der Waals surface area contributed by atoms with Crippen molar-refractivity contribution in [2.75, 3.05) is 0 Å². The highest BCUT2D eigenvalue weighted by atomic mass is 19.4. The fourth-order valence-electron chi connectivity index (χ4n) is 1.15. The van der Waals surface area contributed by atoms with Gasteiger partial charge in [0.15, 0.2) is 0 Å². The fourth-order valence-corrected chi connectivity index (χ4v) is 1.15. The second-order valence-electron chi connectivity index (χ2n) is 5.23. The number of carbonyl (C=O) groups excluding carboxylic acids is 2. The molecule has 0 aliphatic heterocycles. The lowest BCUT2D eigenvalue weighted by molar-refractivity contribution is -0.174. The van der Waals surface area contributed by atoms with Crippen LogP contribution in [0.5, 0.6) is 0 Å². The van der Waals surface area contributed by atoms with E-state index < -0.39 is 35.6 Å². The summed E-state index contributed by atoms with van der Waals surface area (Å²) in [5.41, 5.74) is -0.840. The summed E-state index contributed by atoms with van der Waals surface area (Å²) in [6.07, 6.45) is -6.02. The van der Waals surface area contributed by atoms with Crippen LogP contribution in [0.1, 0.15) is 34.6 Å². The standard InChI is InChI=1S/C11H18F3NO3/c1-6(2)7(8(16)11(12,13)14)15-9(17)18-10(3,4)5/h6-7H,1-5H3,(H,15,17). The fraction of sp³-hybridized carbons (Fsp3) is 0.818. The van der Waals surface area contributed by atoms with Gasteiger partial charge in [-0.1, -0.05) is 13.8 Å². The van der Waals surface area contributed by atoms with Crippen LogP contribution in [0.3, 0.4) is 0 Å². The molecule has 7 heteroatoms. The van der Waals surface area contributed by atoms with Crippen LogP contribution in [0.4, 0.5) is 18.0 Å². The van der Waals surface area contributed by atoms with E-state index >= 15 is 0 Å². The van der Waals surface area contributed by atoms with Gasteiger partial charge in [-0.05, 0) is 26.7 Å². The van der Waals surface area contributed by atoms with E-state index in [-0.39, 0.29) is 0 Å². The van der Waals surface area contributed by atoms with Crippen LogP contribution in [0.25, 0.3) is 0 Å². The first kappa shape index (κ1) is 16.7. The molecule has 0 saturated carbocycles. The molecule has 1 N–H and O–H groups in total. The predicted octanol–water partition coefficient (Wildman–Crippen LogP) is 2.67. The lowest BCUT2D eigenvalue weighted by Crippen LogP contribution is -2.50. The number of amides is 1. The van der Waals surface area contributed by atoms with Gasteiger partial charge in [-0.25, -0.2) is 4.79 Å². The van der Waals surface area contributed by atoms with Crippen LogP contribution in [0.2, 0.25) is 0 Å². The van der Waals surface area contributed by atoms with E-state index in [9.17, 15) is 22.8 Å². The van der Waals surface area contributed by atoms with Crippen molar-refractivity contribution in [3.8, 4) is 0 Å². The number of halogens is 3. The summed E-state index contributed by atoms with van der Waals surface area (Å²) < 4.78 is 41.7. The zero-order valence-corrected chi connectivity index (χ0v) is 11.0. The highest BCUT2D eigenvalue weighted by Gasteiger charge is 2.45. The molecule has 0 aliphatic carbocycles. The molecule has 0 radical (unpaired) electrons. The highest BCUT2D eigenvalue weighted by molar-refractivity contribution is 5.91. The first-order valence-corrected chi connectivity index (χ1v) is 5.45. The Kier molecular flexibility index (Phi) is 5.19. The third kappa shape index (κ3) is 5.88. The molecule has 106 valence electrons. The van der Waals surface area contributed by atoms with Gasteiger partial charge in [0.1, 0.15) is 11.6 Å². The van der Waals surface area contributed by atoms with Crippen molar-refractivity contribution in [2.24, 2.45) is 5.92 Å².